The first-order chi connectivity index (χ1) is 8.89. The summed E-state index contributed by atoms with van der Waals surface area (Å²) in [6.45, 7) is 5.86. The topological polar surface area (TPSA) is 94.0 Å². The second-order valence-corrected chi connectivity index (χ2v) is 5.40. The molecule has 0 fully saturated rings. The molecule has 0 aliphatic rings. The number of carboxylic acids is 1. The number of nitrogens with zero attached hydrogens (tertiary/aromatic N) is 4. The van der Waals surface area contributed by atoms with E-state index in [4.69, 9.17) is 9.52 Å². The van der Waals surface area contributed by atoms with Crippen molar-refractivity contribution in [2.75, 3.05) is 0 Å². The van der Waals surface area contributed by atoms with E-state index in [1.165, 1.54) is 10.9 Å². The van der Waals surface area contributed by atoms with Gasteiger partial charge in [0, 0.05) is 0 Å². The molecule has 0 radical (unpaired) electrons. The Hall–Kier alpha value is -2.18. The zero-order chi connectivity index (χ0) is 14.0. The van der Waals surface area contributed by atoms with E-state index in [-0.39, 0.29) is 17.9 Å². The highest BCUT2D eigenvalue weighted by molar-refractivity contribution is 5.67. The van der Waals surface area contributed by atoms with Crippen molar-refractivity contribution in [1.29, 1.82) is 0 Å². The van der Waals surface area contributed by atoms with E-state index >= 15 is 0 Å². The average molecular weight is 264 g/mol. The molecule has 0 saturated heterocycles. The number of hydrogen-bond acceptors (Lipinski definition) is 5. The van der Waals surface area contributed by atoms with E-state index in [2.05, 4.69) is 15.5 Å². The highest BCUT2D eigenvalue weighted by Gasteiger charge is 2.32. The number of furan rings is 1. The minimum absolute atomic E-state index is 0.0533. The lowest BCUT2D eigenvalue weighted by atomic mass is 9.85. The minimum Gasteiger partial charge on any atom is -0.481 e. The van der Waals surface area contributed by atoms with Crippen LogP contribution >= 0.6 is 0 Å². The lowest BCUT2D eigenvalue weighted by molar-refractivity contribution is -0.138. The fraction of sp³-hybridized carbons (Fsp3) is 0.500. The van der Waals surface area contributed by atoms with E-state index in [0.29, 0.717) is 11.6 Å². The first kappa shape index (κ1) is 13.3. The lowest BCUT2D eigenvalue weighted by Crippen LogP contribution is -2.28. The van der Waals surface area contributed by atoms with Crippen molar-refractivity contribution in [1.82, 2.24) is 20.2 Å². The zero-order valence-electron chi connectivity index (χ0n) is 11.1. The maximum atomic E-state index is 11.0. The highest BCUT2D eigenvalue weighted by atomic mass is 16.4. The number of hydrogen-bond donors (Lipinski definition) is 1. The van der Waals surface area contributed by atoms with E-state index in [1.54, 1.807) is 12.1 Å². The predicted molar refractivity (Wildman–Crippen MR) is 66.3 cm³/mol. The van der Waals surface area contributed by atoms with Gasteiger partial charge in [-0.2, -0.15) is 0 Å². The van der Waals surface area contributed by atoms with Crippen LogP contribution in [0.1, 0.15) is 33.2 Å². The summed E-state index contributed by atoms with van der Waals surface area (Å²) in [6, 6.07) is 3.11. The summed E-state index contributed by atoms with van der Waals surface area (Å²) < 4.78 is 6.80. The van der Waals surface area contributed by atoms with Crippen molar-refractivity contribution in [3.05, 3.63) is 18.4 Å². The van der Waals surface area contributed by atoms with Crippen LogP contribution in [-0.2, 0) is 4.79 Å². The van der Waals surface area contributed by atoms with Crippen molar-refractivity contribution in [2.45, 2.75) is 33.2 Å². The summed E-state index contributed by atoms with van der Waals surface area (Å²) in [7, 11) is 0. The molecule has 7 heteroatoms. The molecule has 1 unspecified atom stereocenters. The van der Waals surface area contributed by atoms with Gasteiger partial charge in [0.25, 0.3) is 0 Å². The molecule has 0 amide bonds. The molecule has 2 rings (SSSR count). The lowest BCUT2D eigenvalue weighted by Gasteiger charge is -2.29. The molecule has 1 atom stereocenters. The van der Waals surface area contributed by atoms with Crippen molar-refractivity contribution in [3.63, 3.8) is 0 Å². The second-order valence-electron chi connectivity index (χ2n) is 5.40. The van der Waals surface area contributed by atoms with Gasteiger partial charge in [-0.15, -0.1) is 5.10 Å². The first-order valence-electron chi connectivity index (χ1n) is 5.93. The van der Waals surface area contributed by atoms with E-state index in [1.807, 2.05) is 20.8 Å². The predicted octanol–water partition coefficient (Wildman–Crippen LogP) is 1.99. The maximum absolute atomic E-state index is 11.0. The van der Waals surface area contributed by atoms with Crippen LogP contribution in [0.5, 0.6) is 0 Å². The molecule has 0 bridgehead atoms. The van der Waals surface area contributed by atoms with Gasteiger partial charge in [0.1, 0.15) is 0 Å². The monoisotopic (exact) mass is 264 g/mol. The van der Waals surface area contributed by atoms with Crippen molar-refractivity contribution < 1.29 is 14.3 Å². The van der Waals surface area contributed by atoms with Crippen LogP contribution < -0.4 is 0 Å². The summed E-state index contributed by atoms with van der Waals surface area (Å²) in [5.74, 6) is 0.0663. The van der Waals surface area contributed by atoms with Gasteiger partial charge in [0.2, 0.25) is 5.82 Å². The van der Waals surface area contributed by atoms with Crippen LogP contribution in [0.15, 0.2) is 22.8 Å². The van der Waals surface area contributed by atoms with E-state index in [0.717, 1.165) is 0 Å². The third kappa shape index (κ3) is 2.81. The molecular weight excluding hydrogens is 248 g/mol. The summed E-state index contributed by atoms with van der Waals surface area (Å²) in [6.07, 6.45) is 1.47. The molecule has 0 aromatic carbocycles. The van der Waals surface area contributed by atoms with Gasteiger partial charge in [-0.05, 0) is 28.0 Å². The maximum Gasteiger partial charge on any atom is 0.305 e. The smallest absolute Gasteiger partial charge is 0.305 e. The Bertz CT molecular complexity index is 554. The van der Waals surface area contributed by atoms with E-state index < -0.39 is 5.97 Å². The van der Waals surface area contributed by atoms with Crippen molar-refractivity contribution in [3.8, 4) is 11.6 Å². The first-order valence-corrected chi connectivity index (χ1v) is 5.93. The Kier molecular flexibility index (Phi) is 3.37. The largest absolute Gasteiger partial charge is 0.481 e. The van der Waals surface area contributed by atoms with Crippen LogP contribution in [-0.4, -0.2) is 31.3 Å². The molecule has 102 valence electrons. The summed E-state index contributed by atoms with van der Waals surface area (Å²) in [5, 5.41) is 20.5. The molecule has 0 aliphatic carbocycles. The fourth-order valence-electron chi connectivity index (χ4n) is 1.90. The third-order valence-electron chi connectivity index (χ3n) is 2.90. The van der Waals surface area contributed by atoms with Gasteiger partial charge in [-0.3, -0.25) is 4.79 Å². The molecule has 0 saturated carbocycles. The number of aromatic nitrogens is 4. The van der Waals surface area contributed by atoms with Gasteiger partial charge < -0.3 is 9.52 Å². The third-order valence-corrected chi connectivity index (χ3v) is 2.90. The SMILES string of the molecule is CC(C)(C)C(CC(=O)O)n1nnnc1-c1ccco1. The molecule has 19 heavy (non-hydrogen) atoms. The van der Waals surface area contributed by atoms with Gasteiger partial charge in [0.05, 0.1) is 18.7 Å². The van der Waals surface area contributed by atoms with E-state index in [9.17, 15) is 4.79 Å². The fourth-order valence-corrected chi connectivity index (χ4v) is 1.90. The quantitative estimate of drug-likeness (QED) is 0.907. The van der Waals surface area contributed by atoms with Gasteiger partial charge in [-0.25, -0.2) is 4.68 Å². The molecule has 1 N–H and O–H groups in total. The molecule has 2 aromatic heterocycles. The molecule has 0 spiro atoms. The van der Waals surface area contributed by atoms with Gasteiger partial charge in [-0.1, -0.05) is 20.8 Å². The van der Waals surface area contributed by atoms with Crippen LogP contribution in [0.2, 0.25) is 0 Å². The van der Waals surface area contributed by atoms with Crippen molar-refractivity contribution >= 4 is 5.97 Å². The second kappa shape index (κ2) is 4.83. The zero-order valence-corrected chi connectivity index (χ0v) is 11.1. The summed E-state index contributed by atoms with van der Waals surface area (Å²) >= 11 is 0. The summed E-state index contributed by atoms with van der Waals surface area (Å²) in [4.78, 5) is 11.0. The molecule has 7 nitrogen and oxygen atoms in total. The Morgan fingerprint density at radius 1 is 1.53 bits per heavy atom. The normalized spacial score (nSPS) is 13.4. The molecule has 2 heterocycles. The van der Waals surface area contributed by atoms with Crippen LogP contribution in [0.3, 0.4) is 0 Å². The number of aliphatic carboxylic acids is 1. The Labute approximate surface area is 110 Å². The standard InChI is InChI=1S/C12H16N4O3/c1-12(2,3)9(7-10(17)18)16-11(13-14-15-16)8-5-4-6-19-8/h4-6,9H,7H2,1-3H3,(H,17,18). The number of rotatable bonds is 4. The summed E-state index contributed by atoms with van der Waals surface area (Å²) in [5.41, 5.74) is -0.297. The van der Waals surface area contributed by atoms with Crippen molar-refractivity contribution in [2.24, 2.45) is 5.41 Å². The number of carboxylic acid groups (broad SMARTS) is 1. The van der Waals surface area contributed by atoms with Gasteiger partial charge >= 0.3 is 5.97 Å². The Morgan fingerprint density at radius 2 is 2.26 bits per heavy atom. The van der Waals surface area contributed by atoms with Crippen LogP contribution in [0, 0.1) is 5.41 Å². The van der Waals surface area contributed by atoms with Gasteiger partial charge in [0.15, 0.2) is 5.76 Å². The van der Waals surface area contributed by atoms with Crippen LogP contribution in [0.4, 0.5) is 0 Å². The average Bonchev–Trinajstić information content (AvgIpc) is 2.94. The minimum atomic E-state index is -0.888. The van der Waals surface area contributed by atoms with Crippen LogP contribution in [0.25, 0.3) is 11.6 Å². The Balaban J connectivity index is 2.43. The molecular formula is C12H16N4O3. The number of carbonyl (C=O) groups is 1. The molecule has 0 aliphatic heterocycles. The molecule has 2 aromatic rings. The highest BCUT2D eigenvalue weighted by Crippen LogP contribution is 2.35. The Morgan fingerprint density at radius 3 is 2.79 bits per heavy atom. The number of tetrazole rings is 1.